The number of nitrogens with zero attached hydrogens (tertiary/aromatic N) is 3. The fourth-order valence-electron chi connectivity index (χ4n) is 5.94. The third-order valence-electron chi connectivity index (χ3n) is 7.98. The monoisotopic (exact) mass is 601 g/mol. The van der Waals surface area contributed by atoms with Gasteiger partial charge in [-0.3, -0.25) is 19.1 Å². The quantitative estimate of drug-likeness (QED) is 0.322. The summed E-state index contributed by atoms with van der Waals surface area (Å²) in [6.07, 6.45) is 1.42. The third kappa shape index (κ3) is 6.82. The van der Waals surface area contributed by atoms with Gasteiger partial charge in [-0.2, -0.15) is 18.3 Å². The van der Waals surface area contributed by atoms with Crippen molar-refractivity contribution in [3.63, 3.8) is 0 Å². The van der Waals surface area contributed by atoms with E-state index in [9.17, 15) is 32.7 Å². The van der Waals surface area contributed by atoms with E-state index in [4.69, 9.17) is 23.2 Å². The van der Waals surface area contributed by atoms with Crippen LogP contribution in [-0.2, 0) is 11.0 Å². The van der Waals surface area contributed by atoms with Gasteiger partial charge in [0.05, 0.1) is 45.9 Å². The molecule has 2 aliphatic rings. The molecule has 2 aromatic rings. The molecule has 2 saturated carbocycles. The van der Waals surface area contributed by atoms with Crippen LogP contribution in [0.15, 0.2) is 18.3 Å². The first-order chi connectivity index (χ1) is 18.9. The van der Waals surface area contributed by atoms with E-state index >= 15 is 0 Å². The third-order valence-corrected chi connectivity index (χ3v) is 8.57. The number of carbonyl (C=O) groups excluding carboxylic acids is 2. The van der Waals surface area contributed by atoms with Crippen LogP contribution in [0.5, 0.6) is 0 Å². The molecule has 40 heavy (non-hydrogen) atoms. The van der Waals surface area contributed by atoms with E-state index in [1.54, 1.807) is 19.1 Å². The van der Waals surface area contributed by atoms with E-state index < -0.39 is 53.6 Å². The van der Waals surface area contributed by atoms with Crippen LogP contribution in [-0.4, -0.2) is 50.5 Å². The number of carboxylic acid groups (broad SMARTS) is 1. The molecule has 0 atom stereocenters. The van der Waals surface area contributed by atoms with Crippen molar-refractivity contribution in [2.75, 3.05) is 13.1 Å². The SMILES string of the molecule is Cc1cc(Cl)c(C(=O)CN(CC2CCCCC2)C(=O)c2cnn([C@H]3CC[C@H](C(=O)O)CC3)c2C(F)(F)F)c(Cl)c1. The minimum absolute atomic E-state index is 0.0253. The first kappa shape index (κ1) is 30.4. The van der Waals surface area contributed by atoms with Crippen LogP contribution in [0.4, 0.5) is 13.2 Å². The van der Waals surface area contributed by atoms with Crippen molar-refractivity contribution in [1.82, 2.24) is 14.7 Å². The maximum atomic E-state index is 14.4. The number of ketones is 1. The molecule has 218 valence electrons. The number of amides is 1. The summed E-state index contributed by atoms with van der Waals surface area (Å²) >= 11 is 12.6. The van der Waals surface area contributed by atoms with Gasteiger partial charge in [-0.15, -0.1) is 0 Å². The lowest BCUT2D eigenvalue weighted by Gasteiger charge is -2.30. The Balaban J connectivity index is 1.66. The van der Waals surface area contributed by atoms with E-state index in [1.807, 2.05) is 0 Å². The highest BCUT2D eigenvalue weighted by Gasteiger charge is 2.43. The highest BCUT2D eigenvalue weighted by atomic mass is 35.5. The molecule has 0 spiro atoms. The highest BCUT2D eigenvalue weighted by molar-refractivity contribution is 6.40. The minimum Gasteiger partial charge on any atom is -0.481 e. The maximum absolute atomic E-state index is 14.4. The van der Waals surface area contributed by atoms with E-state index in [0.717, 1.165) is 48.5 Å². The normalized spacial score (nSPS) is 20.4. The Morgan fingerprint density at radius 1 is 1.02 bits per heavy atom. The summed E-state index contributed by atoms with van der Waals surface area (Å²) in [4.78, 5) is 39.6. The summed E-state index contributed by atoms with van der Waals surface area (Å²) in [5.41, 5.74) is -1.04. The van der Waals surface area contributed by atoms with Gasteiger partial charge < -0.3 is 10.0 Å². The van der Waals surface area contributed by atoms with Crippen molar-refractivity contribution in [3.05, 3.63) is 50.8 Å². The van der Waals surface area contributed by atoms with Crippen molar-refractivity contribution < 1.29 is 32.7 Å². The number of carboxylic acids is 1. The van der Waals surface area contributed by atoms with Crippen molar-refractivity contribution in [1.29, 1.82) is 0 Å². The number of benzene rings is 1. The number of alkyl halides is 3. The van der Waals surface area contributed by atoms with Crippen LogP contribution < -0.4 is 0 Å². The summed E-state index contributed by atoms with van der Waals surface area (Å²) in [5.74, 6) is -3.03. The lowest BCUT2D eigenvalue weighted by Crippen LogP contribution is -2.40. The lowest BCUT2D eigenvalue weighted by atomic mass is 9.86. The minimum atomic E-state index is -4.89. The van der Waals surface area contributed by atoms with Crippen LogP contribution in [0.1, 0.15) is 95.8 Å². The van der Waals surface area contributed by atoms with Crippen LogP contribution in [0.25, 0.3) is 0 Å². The van der Waals surface area contributed by atoms with Crippen molar-refractivity contribution >= 4 is 40.9 Å². The molecule has 2 fully saturated rings. The van der Waals surface area contributed by atoms with E-state index in [0.29, 0.717) is 0 Å². The van der Waals surface area contributed by atoms with Crippen molar-refractivity contribution in [2.24, 2.45) is 11.8 Å². The number of Topliss-reactive ketones (excluding diaryl/α,β-unsaturated/α-hetero) is 1. The fourth-order valence-corrected chi connectivity index (χ4v) is 6.74. The molecule has 4 rings (SSSR count). The van der Waals surface area contributed by atoms with Gasteiger partial charge in [0, 0.05) is 6.54 Å². The number of hydrogen-bond acceptors (Lipinski definition) is 4. The van der Waals surface area contributed by atoms with Gasteiger partial charge >= 0.3 is 12.1 Å². The number of aliphatic carboxylic acids is 1. The second-order valence-corrected chi connectivity index (χ2v) is 11.7. The number of carbonyl (C=O) groups is 3. The molecule has 0 unspecified atom stereocenters. The van der Waals surface area contributed by atoms with Gasteiger partial charge in [0.2, 0.25) is 0 Å². The largest absolute Gasteiger partial charge is 0.481 e. The Hall–Kier alpha value is -2.59. The molecule has 1 amide bonds. The molecule has 1 N–H and O–H groups in total. The fraction of sp³-hybridized carbons (Fsp3) is 0.571. The summed E-state index contributed by atoms with van der Waals surface area (Å²) in [7, 11) is 0. The molecule has 0 aliphatic heterocycles. The summed E-state index contributed by atoms with van der Waals surface area (Å²) < 4.78 is 44.1. The average molecular weight is 602 g/mol. The second kappa shape index (κ2) is 12.5. The number of rotatable bonds is 8. The molecule has 1 heterocycles. The topological polar surface area (TPSA) is 92.5 Å². The Morgan fingerprint density at radius 2 is 1.62 bits per heavy atom. The van der Waals surface area contributed by atoms with Gasteiger partial charge in [-0.25, -0.2) is 0 Å². The summed E-state index contributed by atoms with van der Waals surface area (Å²) in [6, 6.07) is 2.45. The van der Waals surface area contributed by atoms with Crippen LogP contribution in [0, 0.1) is 18.8 Å². The molecule has 0 radical (unpaired) electrons. The molecular formula is C28H32Cl2F3N3O4. The number of aryl methyl sites for hydroxylation is 1. The van der Waals surface area contributed by atoms with Crippen LogP contribution >= 0.6 is 23.2 Å². The Labute approximate surface area is 240 Å². The predicted octanol–water partition coefficient (Wildman–Crippen LogP) is 7.24. The molecule has 2 aliphatic carbocycles. The van der Waals surface area contributed by atoms with Crippen LogP contribution in [0.3, 0.4) is 0 Å². The van der Waals surface area contributed by atoms with Gasteiger partial charge in [-0.05, 0) is 69.1 Å². The van der Waals surface area contributed by atoms with Gasteiger partial charge in [0.1, 0.15) is 0 Å². The standard InChI is InChI=1S/C28H32Cl2F3N3O4/c1-16-11-21(29)24(22(30)12-16)23(37)15-35(14-17-5-3-2-4-6-17)26(38)20-13-34-36(25(20)28(31,32)33)19-9-7-18(8-10-19)27(39)40/h11-13,17-19H,2-10,14-15H2,1H3,(H,39,40)/t18-,19-. The predicted molar refractivity (Wildman–Crippen MR) is 144 cm³/mol. The van der Waals surface area contributed by atoms with Gasteiger partial charge in [0.25, 0.3) is 5.91 Å². The highest BCUT2D eigenvalue weighted by Crippen LogP contribution is 2.39. The first-order valence-corrected chi connectivity index (χ1v) is 14.3. The zero-order valence-electron chi connectivity index (χ0n) is 22.1. The van der Waals surface area contributed by atoms with E-state index in [-0.39, 0.29) is 53.8 Å². The van der Waals surface area contributed by atoms with Crippen molar-refractivity contribution in [2.45, 2.75) is 76.9 Å². The van der Waals surface area contributed by atoms with E-state index in [2.05, 4.69) is 5.10 Å². The Morgan fingerprint density at radius 3 is 2.17 bits per heavy atom. The second-order valence-electron chi connectivity index (χ2n) is 10.9. The number of aromatic nitrogens is 2. The molecular weight excluding hydrogens is 570 g/mol. The van der Waals surface area contributed by atoms with Gasteiger partial charge in [-0.1, -0.05) is 42.5 Å². The van der Waals surface area contributed by atoms with E-state index in [1.165, 1.54) is 4.90 Å². The zero-order valence-corrected chi connectivity index (χ0v) is 23.7. The Kier molecular flexibility index (Phi) is 9.50. The Bertz CT molecular complexity index is 1240. The lowest BCUT2D eigenvalue weighted by molar-refractivity contribution is -0.147. The van der Waals surface area contributed by atoms with Crippen molar-refractivity contribution in [3.8, 4) is 0 Å². The summed E-state index contributed by atoms with van der Waals surface area (Å²) in [5, 5.41) is 13.5. The molecule has 1 aromatic heterocycles. The van der Waals surface area contributed by atoms with Crippen LogP contribution in [0.2, 0.25) is 10.0 Å². The first-order valence-electron chi connectivity index (χ1n) is 13.5. The molecule has 12 heteroatoms. The van der Waals surface area contributed by atoms with Gasteiger partial charge in [0.15, 0.2) is 11.5 Å². The molecule has 0 saturated heterocycles. The zero-order chi connectivity index (χ0) is 29.2. The maximum Gasteiger partial charge on any atom is 0.433 e. The molecule has 7 nitrogen and oxygen atoms in total. The molecule has 0 bridgehead atoms. The number of halogens is 5. The summed E-state index contributed by atoms with van der Waals surface area (Å²) in [6.45, 7) is 1.40. The smallest absolute Gasteiger partial charge is 0.433 e. The number of hydrogen-bond donors (Lipinski definition) is 1. The average Bonchev–Trinajstić information content (AvgIpc) is 3.34. The molecule has 1 aromatic carbocycles.